The molecule has 1 unspecified atom stereocenters. The predicted molar refractivity (Wildman–Crippen MR) is 71.9 cm³/mol. The van der Waals surface area contributed by atoms with Crippen LogP contribution in [-0.4, -0.2) is 57.9 Å². The third-order valence-electron chi connectivity index (χ3n) is 3.96. The van der Waals surface area contributed by atoms with Crippen molar-refractivity contribution in [2.75, 3.05) is 13.1 Å². The molecule has 2 aliphatic rings. The number of carbonyl (C=O) groups is 3. The third kappa shape index (κ3) is 3.11. The fourth-order valence-electron chi connectivity index (χ4n) is 2.70. The number of hydrogen-bond donors (Lipinski definition) is 1. The van der Waals surface area contributed by atoms with E-state index >= 15 is 0 Å². The molecular formula is C14H22N2O4. The van der Waals surface area contributed by atoms with Crippen molar-refractivity contribution in [1.82, 2.24) is 9.80 Å². The van der Waals surface area contributed by atoms with Crippen molar-refractivity contribution in [2.24, 2.45) is 5.92 Å². The summed E-state index contributed by atoms with van der Waals surface area (Å²) in [4.78, 5) is 38.6. The fourth-order valence-corrected chi connectivity index (χ4v) is 2.70. The molecule has 1 heterocycles. The first kappa shape index (κ1) is 14.8. The first-order valence-electron chi connectivity index (χ1n) is 7.24. The van der Waals surface area contributed by atoms with Gasteiger partial charge in [-0.05, 0) is 39.5 Å². The van der Waals surface area contributed by atoms with Crippen LogP contribution in [0.1, 0.15) is 39.5 Å². The van der Waals surface area contributed by atoms with Gasteiger partial charge in [0.25, 0.3) is 0 Å². The Morgan fingerprint density at radius 3 is 2.40 bits per heavy atom. The molecule has 2 amide bonds. The molecule has 1 atom stereocenters. The molecule has 2 rings (SSSR count). The molecule has 1 aliphatic carbocycles. The topological polar surface area (TPSA) is 77.9 Å². The van der Waals surface area contributed by atoms with Crippen molar-refractivity contribution in [2.45, 2.75) is 51.6 Å². The van der Waals surface area contributed by atoms with Gasteiger partial charge >= 0.3 is 5.97 Å². The molecule has 1 aliphatic heterocycles. The summed E-state index contributed by atoms with van der Waals surface area (Å²) < 4.78 is 0. The molecule has 1 saturated heterocycles. The van der Waals surface area contributed by atoms with Gasteiger partial charge in [0.15, 0.2) is 0 Å². The maximum Gasteiger partial charge on any atom is 0.323 e. The predicted octanol–water partition coefficient (Wildman–Crippen LogP) is 0.709. The molecule has 2 fully saturated rings. The van der Waals surface area contributed by atoms with Crippen molar-refractivity contribution < 1.29 is 19.5 Å². The van der Waals surface area contributed by atoms with Crippen LogP contribution >= 0.6 is 0 Å². The molecule has 1 saturated carbocycles. The van der Waals surface area contributed by atoms with E-state index in [0.717, 1.165) is 19.3 Å². The number of carboxylic acids is 1. The van der Waals surface area contributed by atoms with Gasteiger partial charge < -0.3 is 14.9 Å². The Labute approximate surface area is 118 Å². The van der Waals surface area contributed by atoms with Gasteiger partial charge in [-0.1, -0.05) is 0 Å². The number of carbonyl (C=O) groups excluding carboxylic acids is 2. The summed E-state index contributed by atoms with van der Waals surface area (Å²) in [5.41, 5.74) is 0. The fraction of sp³-hybridized carbons (Fsp3) is 0.786. The Morgan fingerprint density at radius 2 is 1.90 bits per heavy atom. The van der Waals surface area contributed by atoms with Crippen molar-refractivity contribution in [3.8, 4) is 0 Å². The Balaban J connectivity index is 2.08. The summed E-state index contributed by atoms with van der Waals surface area (Å²) in [6.45, 7) is 3.90. The molecule has 0 aromatic rings. The second-order valence-electron chi connectivity index (χ2n) is 5.92. The van der Waals surface area contributed by atoms with Crippen LogP contribution in [0.2, 0.25) is 0 Å². The van der Waals surface area contributed by atoms with Crippen LogP contribution in [0.3, 0.4) is 0 Å². The second kappa shape index (κ2) is 5.81. The summed E-state index contributed by atoms with van der Waals surface area (Å²) in [6.07, 6.45) is 3.28. The molecule has 0 aromatic carbocycles. The minimum Gasteiger partial charge on any atom is -0.480 e. The molecule has 112 valence electrons. The van der Waals surface area contributed by atoms with Crippen molar-refractivity contribution >= 4 is 17.8 Å². The maximum absolute atomic E-state index is 12.5. The highest BCUT2D eigenvalue weighted by molar-refractivity contribution is 5.91. The Hall–Kier alpha value is -1.59. The van der Waals surface area contributed by atoms with E-state index in [9.17, 15) is 14.4 Å². The number of amides is 2. The van der Waals surface area contributed by atoms with Crippen LogP contribution in [-0.2, 0) is 14.4 Å². The van der Waals surface area contributed by atoms with E-state index in [4.69, 9.17) is 5.11 Å². The van der Waals surface area contributed by atoms with E-state index in [2.05, 4.69) is 0 Å². The average Bonchev–Trinajstić information content (AvgIpc) is 3.11. The zero-order valence-electron chi connectivity index (χ0n) is 12.0. The van der Waals surface area contributed by atoms with Gasteiger partial charge in [-0.15, -0.1) is 0 Å². The first-order valence-corrected chi connectivity index (χ1v) is 7.24. The van der Waals surface area contributed by atoms with Crippen LogP contribution in [0.15, 0.2) is 0 Å². The number of likely N-dealkylation sites (tertiary alicyclic amines) is 1. The first-order chi connectivity index (χ1) is 9.41. The minimum atomic E-state index is -1.02. The highest BCUT2D eigenvalue weighted by Gasteiger charge is 2.42. The van der Waals surface area contributed by atoms with Crippen molar-refractivity contribution in [1.29, 1.82) is 0 Å². The highest BCUT2D eigenvalue weighted by Crippen LogP contribution is 2.34. The molecule has 6 nitrogen and oxygen atoms in total. The van der Waals surface area contributed by atoms with Gasteiger partial charge in [0.1, 0.15) is 12.6 Å². The third-order valence-corrected chi connectivity index (χ3v) is 3.96. The summed E-state index contributed by atoms with van der Waals surface area (Å²) in [6, 6.07) is -0.651. The van der Waals surface area contributed by atoms with E-state index < -0.39 is 12.0 Å². The molecule has 0 bridgehead atoms. The molecule has 0 radical (unpaired) electrons. The Bertz CT molecular complexity index is 417. The summed E-state index contributed by atoms with van der Waals surface area (Å²) >= 11 is 0. The Kier molecular flexibility index (Phi) is 4.30. The molecule has 0 spiro atoms. The number of carboxylic acid groups (broad SMARTS) is 1. The Morgan fingerprint density at radius 1 is 1.25 bits per heavy atom. The van der Waals surface area contributed by atoms with Crippen molar-refractivity contribution in [3.63, 3.8) is 0 Å². The summed E-state index contributed by atoms with van der Waals surface area (Å²) in [7, 11) is 0. The molecule has 6 heteroatoms. The molecular weight excluding hydrogens is 260 g/mol. The van der Waals surface area contributed by atoms with Gasteiger partial charge in [-0.2, -0.15) is 0 Å². The lowest BCUT2D eigenvalue weighted by Gasteiger charge is -2.32. The zero-order valence-corrected chi connectivity index (χ0v) is 12.0. The van der Waals surface area contributed by atoms with Gasteiger partial charge in [-0.3, -0.25) is 14.4 Å². The van der Waals surface area contributed by atoms with Crippen molar-refractivity contribution in [3.05, 3.63) is 0 Å². The van der Waals surface area contributed by atoms with Gasteiger partial charge in [0.2, 0.25) is 11.8 Å². The SMILES string of the molecule is CC(C)N(CC(=O)O)C(=O)C1CCCN1C(=O)C1CC1. The van der Waals surface area contributed by atoms with Gasteiger partial charge in [0.05, 0.1) is 0 Å². The number of nitrogens with zero attached hydrogens (tertiary/aromatic N) is 2. The monoisotopic (exact) mass is 282 g/mol. The van der Waals surface area contributed by atoms with Crippen LogP contribution in [0, 0.1) is 5.92 Å². The van der Waals surface area contributed by atoms with E-state index in [1.807, 2.05) is 0 Å². The van der Waals surface area contributed by atoms with E-state index in [1.165, 1.54) is 4.90 Å². The normalized spacial score (nSPS) is 22.1. The second-order valence-corrected chi connectivity index (χ2v) is 5.92. The average molecular weight is 282 g/mol. The molecule has 20 heavy (non-hydrogen) atoms. The summed E-state index contributed by atoms with van der Waals surface area (Å²) in [5, 5.41) is 8.92. The largest absolute Gasteiger partial charge is 0.480 e. The van der Waals surface area contributed by atoms with Crippen LogP contribution in [0.4, 0.5) is 0 Å². The number of rotatable bonds is 5. The molecule has 1 N–H and O–H groups in total. The van der Waals surface area contributed by atoms with E-state index in [0.29, 0.717) is 13.0 Å². The van der Waals surface area contributed by atoms with Crippen LogP contribution < -0.4 is 0 Å². The zero-order chi connectivity index (χ0) is 14.9. The lowest BCUT2D eigenvalue weighted by Crippen LogP contribution is -2.51. The lowest BCUT2D eigenvalue weighted by molar-refractivity contribution is -0.150. The van der Waals surface area contributed by atoms with Crippen LogP contribution in [0.5, 0.6) is 0 Å². The maximum atomic E-state index is 12.5. The van der Waals surface area contributed by atoms with E-state index in [1.54, 1.807) is 18.7 Å². The lowest BCUT2D eigenvalue weighted by atomic mass is 10.1. The summed E-state index contributed by atoms with van der Waals surface area (Å²) in [5.74, 6) is -1.09. The molecule has 0 aromatic heterocycles. The van der Waals surface area contributed by atoms with Gasteiger partial charge in [-0.25, -0.2) is 0 Å². The quantitative estimate of drug-likeness (QED) is 0.805. The smallest absolute Gasteiger partial charge is 0.323 e. The van der Waals surface area contributed by atoms with Gasteiger partial charge in [0, 0.05) is 18.5 Å². The highest BCUT2D eigenvalue weighted by atomic mass is 16.4. The van der Waals surface area contributed by atoms with Crippen LogP contribution in [0.25, 0.3) is 0 Å². The van der Waals surface area contributed by atoms with E-state index in [-0.39, 0.29) is 30.3 Å². The number of hydrogen-bond acceptors (Lipinski definition) is 3. The standard InChI is InChI=1S/C14H22N2O4/c1-9(2)16(8-12(17)18)14(20)11-4-3-7-15(11)13(19)10-5-6-10/h9-11H,3-8H2,1-2H3,(H,17,18). The number of aliphatic carboxylic acids is 1. The minimum absolute atomic E-state index is 0.0693.